The van der Waals surface area contributed by atoms with Crippen LogP contribution in [0.2, 0.25) is 0 Å². The lowest BCUT2D eigenvalue weighted by Crippen LogP contribution is -2.52. The summed E-state index contributed by atoms with van der Waals surface area (Å²) >= 11 is 1.49. The first kappa shape index (κ1) is 12.8. The van der Waals surface area contributed by atoms with Crippen molar-refractivity contribution < 1.29 is 14.4 Å². The van der Waals surface area contributed by atoms with Crippen molar-refractivity contribution in [3.63, 3.8) is 0 Å². The Balaban J connectivity index is 1.80. The molecule has 0 radical (unpaired) electrons. The molecule has 0 saturated carbocycles. The Hall–Kier alpha value is -2.21. The van der Waals surface area contributed by atoms with E-state index in [1.54, 1.807) is 5.38 Å². The van der Waals surface area contributed by atoms with Gasteiger partial charge in [0.05, 0.1) is 5.56 Å². The van der Waals surface area contributed by atoms with Gasteiger partial charge in [-0.3, -0.25) is 19.7 Å². The minimum Gasteiger partial charge on any atom is -0.340 e. The van der Waals surface area contributed by atoms with Gasteiger partial charge in [-0.25, -0.2) is 0 Å². The molecule has 3 amide bonds. The van der Waals surface area contributed by atoms with Gasteiger partial charge in [0.15, 0.2) is 0 Å². The molecule has 1 atom stereocenters. The smallest absolute Gasteiger partial charge is 0.253 e. The normalized spacial score (nSPS) is 18.9. The van der Waals surface area contributed by atoms with Crippen LogP contribution in [-0.4, -0.2) is 23.8 Å². The number of nitrogens with one attached hydrogen (secondary N) is 2. The first-order valence-electron chi connectivity index (χ1n) is 6.26. The molecule has 1 fully saturated rings. The Bertz CT molecular complexity index is 707. The third kappa shape index (κ3) is 2.30. The van der Waals surface area contributed by atoms with Gasteiger partial charge in [0, 0.05) is 21.9 Å². The van der Waals surface area contributed by atoms with E-state index in [4.69, 9.17) is 0 Å². The van der Waals surface area contributed by atoms with Gasteiger partial charge < -0.3 is 5.32 Å². The number of carbonyl (C=O) groups excluding carboxylic acids is 3. The minimum absolute atomic E-state index is 0.251. The number of carbonyl (C=O) groups is 3. The van der Waals surface area contributed by atoms with Crippen molar-refractivity contribution in [1.29, 1.82) is 0 Å². The molecule has 0 bridgehead atoms. The lowest BCUT2D eigenvalue weighted by molar-refractivity contribution is -0.134. The summed E-state index contributed by atoms with van der Waals surface area (Å²) in [5, 5.41) is 7.58. The maximum Gasteiger partial charge on any atom is 0.253 e. The number of hydrogen-bond donors (Lipinski definition) is 2. The second kappa shape index (κ2) is 5.05. The average molecular weight is 288 g/mol. The van der Waals surface area contributed by atoms with E-state index < -0.39 is 11.9 Å². The van der Waals surface area contributed by atoms with Crippen LogP contribution >= 0.6 is 11.3 Å². The summed E-state index contributed by atoms with van der Waals surface area (Å²) in [4.78, 5) is 34.9. The molecule has 20 heavy (non-hydrogen) atoms. The van der Waals surface area contributed by atoms with E-state index in [0.717, 1.165) is 10.1 Å². The van der Waals surface area contributed by atoms with Gasteiger partial charge in [-0.05, 0) is 12.5 Å². The van der Waals surface area contributed by atoms with Crippen molar-refractivity contribution in [3.8, 4) is 0 Å². The number of thiophene rings is 1. The molecule has 1 aromatic carbocycles. The zero-order valence-electron chi connectivity index (χ0n) is 10.5. The zero-order valence-corrected chi connectivity index (χ0v) is 11.3. The number of imide groups is 1. The highest BCUT2D eigenvalue weighted by Crippen LogP contribution is 2.25. The third-order valence-electron chi connectivity index (χ3n) is 3.27. The Morgan fingerprint density at radius 2 is 2.10 bits per heavy atom. The summed E-state index contributed by atoms with van der Waals surface area (Å²) in [6.45, 7) is 0. The van der Waals surface area contributed by atoms with E-state index in [0.29, 0.717) is 12.0 Å². The fourth-order valence-corrected chi connectivity index (χ4v) is 3.16. The van der Waals surface area contributed by atoms with Crippen molar-refractivity contribution in [2.45, 2.75) is 18.9 Å². The third-order valence-corrected chi connectivity index (χ3v) is 4.23. The molecule has 2 N–H and O–H groups in total. The number of hydrogen-bond acceptors (Lipinski definition) is 4. The Kier molecular flexibility index (Phi) is 3.23. The van der Waals surface area contributed by atoms with Crippen LogP contribution in [0, 0.1) is 0 Å². The van der Waals surface area contributed by atoms with E-state index in [-0.39, 0.29) is 18.2 Å². The molecule has 2 aromatic rings. The lowest BCUT2D eigenvalue weighted by atomic mass is 10.1. The molecule has 1 saturated heterocycles. The highest BCUT2D eigenvalue weighted by molar-refractivity contribution is 7.17. The molecule has 1 aliphatic rings. The molecule has 2 heterocycles. The molecule has 6 heteroatoms. The van der Waals surface area contributed by atoms with Gasteiger partial charge in [-0.1, -0.05) is 18.2 Å². The van der Waals surface area contributed by atoms with Crippen LogP contribution in [0.1, 0.15) is 23.2 Å². The van der Waals surface area contributed by atoms with Gasteiger partial charge in [-0.15, -0.1) is 11.3 Å². The van der Waals surface area contributed by atoms with Gasteiger partial charge in [0.1, 0.15) is 6.04 Å². The second-order valence-corrected chi connectivity index (χ2v) is 5.53. The van der Waals surface area contributed by atoms with E-state index in [9.17, 15) is 14.4 Å². The van der Waals surface area contributed by atoms with Crippen molar-refractivity contribution in [1.82, 2.24) is 10.6 Å². The predicted molar refractivity (Wildman–Crippen MR) is 75.5 cm³/mol. The first-order valence-corrected chi connectivity index (χ1v) is 7.14. The quantitative estimate of drug-likeness (QED) is 0.821. The number of amides is 3. The van der Waals surface area contributed by atoms with Crippen LogP contribution in [-0.2, 0) is 9.59 Å². The standard InChI is InChI=1S/C14H12N2O3S/c17-12-6-5-10(14(19)16-12)15-13(18)9-7-20-11-4-2-1-3-8(9)11/h1-4,7,10H,5-6H2,(H,15,18)(H,16,17,19). The fraction of sp³-hybridized carbons (Fsp3) is 0.214. The van der Waals surface area contributed by atoms with Gasteiger partial charge in [0.2, 0.25) is 11.8 Å². The molecule has 102 valence electrons. The summed E-state index contributed by atoms with van der Waals surface area (Å²) in [7, 11) is 0. The van der Waals surface area contributed by atoms with Crippen LogP contribution in [0.5, 0.6) is 0 Å². The minimum atomic E-state index is -0.640. The SMILES string of the molecule is O=C1CCC(NC(=O)c2csc3ccccc23)C(=O)N1. The van der Waals surface area contributed by atoms with Crippen molar-refractivity contribution in [2.24, 2.45) is 0 Å². The predicted octanol–water partition coefficient (Wildman–Crippen LogP) is 1.44. The topological polar surface area (TPSA) is 75.3 Å². The maximum atomic E-state index is 12.2. The highest BCUT2D eigenvalue weighted by atomic mass is 32.1. The van der Waals surface area contributed by atoms with E-state index >= 15 is 0 Å². The highest BCUT2D eigenvalue weighted by Gasteiger charge is 2.28. The summed E-state index contributed by atoms with van der Waals surface area (Å²) < 4.78 is 1.03. The molecule has 5 nitrogen and oxygen atoms in total. The van der Waals surface area contributed by atoms with Gasteiger partial charge >= 0.3 is 0 Å². The van der Waals surface area contributed by atoms with Gasteiger partial charge in [-0.2, -0.15) is 0 Å². The van der Waals surface area contributed by atoms with Gasteiger partial charge in [0.25, 0.3) is 5.91 Å². The van der Waals surface area contributed by atoms with E-state index in [2.05, 4.69) is 10.6 Å². The maximum absolute atomic E-state index is 12.2. The molecular formula is C14H12N2O3S. The summed E-state index contributed by atoms with van der Waals surface area (Å²) in [6, 6.07) is 6.98. The van der Waals surface area contributed by atoms with Crippen molar-refractivity contribution >= 4 is 39.1 Å². The van der Waals surface area contributed by atoms with Crippen molar-refractivity contribution in [2.75, 3.05) is 0 Å². The van der Waals surface area contributed by atoms with Crippen LogP contribution in [0.3, 0.4) is 0 Å². The van der Waals surface area contributed by atoms with E-state index in [1.165, 1.54) is 11.3 Å². The molecule has 1 aliphatic heterocycles. The largest absolute Gasteiger partial charge is 0.340 e. The number of piperidine rings is 1. The average Bonchev–Trinajstić information content (AvgIpc) is 2.86. The summed E-state index contributed by atoms with van der Waals surface area (Å²) in [5.74, 6) is -1.01. The molecule has 1 unspecified atom stereocenters. The Labute approximate surface area is 119 Å². The lowest BCUT2D eigenvalue weighted by Gasteiger charge is -2.21. The number of benzene rings is 1. The second-order valence-electron chi connectivity index (χ2n) is 4.62. The fourth-order valence-electron chi connectivity index (χ4n) is 2.22. The molecule has 0 spiro atoms. The molecule has 1 aromatic heterocycles. The Morgan fingerprint density at radius 3 is 2.90 bits per heavy atom. The number of fused-ring (bicyclic) bond motifs is 1. The zero-order chi connectivity index (χ0) is 14.1. The van der Waals surface area contributed by atoms with Crippen LogP contribution < -0.4 is 10.6 Å². The Morgan fingerprint density at radius 1 is 1.30 bits per heavy atom. The summed E-state index contributed by atoms with van der Waals surface area (Å²) in [5.41, 5.74) is 0.565. The summed E-state index contributed by atoms with van der Waals surface area (Å²) in [6.07, 6.45) is 0.597. The number of rotatable bonds is 2. The van der Waals surface area contributed by atoms with E-state index in [1.807, 2.05) is 24.3 Å². The molecule has 0 aliphatic carbocycles. The van der Waals surface area contributed by atoms with Crippen LogP contribution in [0.15, 0.2) is 29.6 Å². The first-order chi connectivity index (χ1) is 9.65. The molecular weight excluding hydrogens is 276 g/mol. The van der Waals surface area contributed by atoms with Crippen molar-refractivity contribution in [3.05, 3.63) is 35.2 Å². The molecule has 3 rings (SSSR count). The van der Waals surface area contributed by atoms with Crippen LogP contribution in [0.25, 0.3) is 10.1 Å². The van der Waals surface area contributed by atoms with Crippen LogP contribution in [0.4, 0.5) is 0 Å². The monoisotopic (exact) mass is 288 g/mol.